The normalized spacial score (nSPS) is 10.2. The molecule has 0 saturated carbocycles. The van der Waals surface area contributed by atoms with E-state index in [2.05, 4.69) is 63.5 Å². The zero-order valence-corrected chi connectivity index (χ0v) is 16.8. The van der Waals surface area contributed by atoms with E-state index in [-0.39, 0.29) is 11.9 Å². The Balaban J connectivity index is 1.90. The predicted molar refractivity (Wildman–Crippen MR) is 109 cm³/mol. The average Bonchev–Trinajstić information content (AvgIpc) is 2.58. The monoisotopic (exact) mass is 473 g/mol. The second-order valence-electron chi connectivity index (χ2n) is 5.39. The minimum Gasteiger partial charge on any atom is -0.368 e. The van der Waals surface area contributed by atoms with Crippen LogP contribution in [-0.4, -0.2) is 15.0 Å². The van der Waals surface area contributed by atoms with Gasteiger partial charge in [0, 0.05) is 14.6 Å². The fourth-order valence-electron chi connectivity index (χ4n) is 2.23. The number of nitriles is 1. The van der Waals surface area contributed by atoms with Gasteiger partial charge < -0.3 is 16.4 Å². The third-order valence-corrected chi connectivity index (χ3v) is 4.57. The summed E-state index contributed by atoms with van der Waals surface area (Å²) in [5.41, 5.74) is 8.89. The van der Waals surface area contributed by atoms with Crippen LogP contribution >= 0.6 is 31.9 Å². The van der Waals surface area contributed by atoms with Crippen LogP contribution in [0.25, 0.3) is 0 Å². The quantitative estimate of drug-likeness (QED) is 0.504. The Hall–Kier alpha value is -2.70. The van der Waals surface area contributed by atoms with Crippen molar-refractivity contribution in [1.82, 2.24) is 15.0 Å². The van der Waals surface area contributed by atoms with Crippen LogP contribution in [0.4, 0.5) is 29.2 Å². The zero-order valence-electron chi connectivity index (χ0n) is 13.6. The highest BCUT2D eigenvalue weighted by Crippen LogP contribution is 2.34. The van der Waals surface area contributed by atoms with Crippen LogP contribution in [0, 0.1) is 18.3 Å². The van der Waals surface area contributed by atoms with Crippen molar-refractivity contribution >= 4 is 61.1 Å². The molecule has 3 aromatic rings. The Morgan fingerprint density at radius 1 is 1.00 bits per heavy atom. The lowest BCUT2D eigenvalue weighted by atomic mass is 10.2. The van der Waals surface area contributed by atoms with Crippen molar-refractivity contribution in [3.8, 4) is 6.07 Å². The molecule has 2 aromatic carbocycles. The highest BCUT2D eigenvalue weighted by Gasteiger charge is 2.11. The molecule has 0 spiro atoms. The molecule has 0 aliphatic heterocycles. The van der Waals surface area contributed by atoms with Gasteiger partial charge in [0.05, 0.1) is 17.3 Å². The van der Waals surface area contributed by atoms with E-state index in [9.17, 15) is 0 Å². The number of nitrogens with two attached hydrogens (primary N) is 1. The first-order valence-corrected chi connectivity index (χ1v) is 9.04. The van der Waals surface area contributed by atoms with Gasteiger partial charge in [-0.25, -0.2) is 0 Å². The Bertz CT molecular complexity index is 991. The maximum Gasteiger partial charge on any atom is 0.233 e. The summed E-state index contributed by atoms with van der Waals surface area (Å²) in [6.45, 7) is 2.00. The van der Waals surface area contributed by atoms with Crippen molar-refractivity contribution in [2.75, 3.05) is 16.4 Å². The fourth-order valence-corrected chi connectivity index (χ4v) is 3.84. The topological polar surface area (TPSA) is 113 Å². The van der Waals surface area contributed by atoms with Gasteiger partial charge in [-0.1, -0.05) is 6.07 Å². The number of halogens is 2. The molecule has 0 bridgehead atoms. The lowest BCUT2D eigenvalue weighted by Crippen LogP contribution is -2.07. The number of nitrogens with one attached hydrogen (secondary N) is 2. The van der Waals surface area contributed by atoms with Crippen LogP contribution in [0.5, 0.6) is 0 Å². The number of aryl methyl sites for hydroxylation is 1. The van der Waals surface area contributed by atoms with Gasteiger partial charge in [0.2, 0.25) is 17.8 Å². The molecule has 0 atom stereocenters. The van der Waals surface area contributed by atoms with E-state index in [1.54, 1.807) is 24.3 Å². The van der Waals surface area contributed by atoms with Gasteiger partial charge in [-0.3, -0.25) is 0 Å². The first-order valence-electron chi connectivity index (χ1n) is 7.46. The third-order valence-electron chi connectivity index (χ3n) is 3.32. The van der Waals surface area contributed by atoms with E-state index < -0.39 is 0 Å². The summed E-state index contributed by atoms with van der Waals surface area (Å²) in [6.07, 6.45) is 0. The molecule has 0 unspecified atom stereocenters. The molecule has 0 amide bonds. The lowest BCUT2D eigenvalue weighted by Gasteiger charge is -2.12. The first kappa shape index (κ1) is 18.1. The van der Waals surface area contributed by atoms with Gasteiger partial charge in [-0.15, -0.1) is 0 Å². The van der Waals surface area contributed by atoms with E-state index in [0.717, 1.165) is 20.2 Å². The Labute approximate surface area is 167 Å². The van der Waals surface area contributed by atoms with Crippen LogP contribution in [-0.2, 0) is 0 Å². The lowest BCUT2D eigenvalue weighted by molar-refractivity contribution is 1.07. The number of aromatic nitrogens is 3. The number of rotatable bonds is 4. The molecule has 0 radical (unpaired) electrons. The standard InChI is InChI=1S/C17H13Br2N7/c1-9-5-12(18)14(13(19)6-9)23-17-25-15(21)24-16(26-17)22-11-4-2-3-10(7-11)8-20/h2-7H,1H3,(H4,21,22,23,24,25,26). The molecule has 7 nitrogen and oxygen atoms in total. The maximum absolute atomic E-state index is 8.99. The van der Waals surface area contributed by atoms with Crippen molar-refractivity contribution in [2.24, 2.45) is 0 Å². The summed E-state index contributed by atoms with van der Waals surface area (Å²) in [5, 5.41) is 15.2. The molecule has 0 saturated heterocycles. The van der Waals surface area contributed by atoms with Crippen molar-refractivity contribution in [3.05, 3.63) is 56.5 Å². The van der Waals surface area contributed by atoms with Crippen LogP contribution in [0.2, 0.25) is 0 Å². The molecular weight excluding hydrogens is 462 g/mol. The smallest absolute Gasteiger partial charge is 0.233 e. The molecule has 9 heteroatoms. The average molecular weight is 475 g/mol. The minimum absolute atomic E-state index is 0.0702. The number of nitrogens with zero attached hydrogens (tertiary/aromatic N) is 4. The molecule has 130 valence electrons. The van der Waals surface area contributed by atoms with Crippen molar-refractivity contribution in [2.45, 2.75) is 6.92 Å². The van der Waals surface area contributed by atoms with E-state index in [1.165, 1.54) is 0 Å². The summed E-state index contributed by atoms with van der Waals surface area (Å²) in [5.74, 6) is 0.636. The third kappa shape index (κ3) is 4.28. The van der Waals surface area contributed by atoms with Gasteiger partial charge in [0.25, 0.3) is 0 Å². The van der Waals surface area contributed by atoms with Crippen molar-refractivity contribution in [1.29, 1.82) is 5.26 Å². The van der Waals surface area contributed by atoms with Gasteiger partial charge >= 0.3 is 0 Å². The molecule has 4 N–H and O–H groups in total. The van der Waals surface area contributed by atoms with Crippen molar-refractivity contribution in [3.63, 3.8) is 0 Å². The molecule has 1 aromatic heterocycles. The Morgan fingerprint density at radius 2 is 1.65 bits per heavy atom. The highest BCUT2D eigenvalue weighted by molar-refractivity contribution is 9.11. The largest absolute Gasteiger partial charge is 0.368 e. The highest BCUT2D eigenvalue weighted by atomic mass is 79.9. The number of nitrogen functional groups attached to an aromatic ring is 1. The molecule has 26 heavy (non-hydrogen) atoms. The van der Waals surface area contributed by atoms with Crippen LogP contribution < -0.4 is 16.4 Å². The fraction of sp³-hybridized carbons (Fsp3) is 0.0588. The molecule has 0 aliphatic rings. The van der Waals surface area contributed by atoms with Crippen molar-refractivity contribution < 1.29 is 0 Å². The summed E-state index contributed by atoms with van der Waals surface area (Å²) in [7, 11) is 0. The van der Waals surface area contributed by atoms with E-state index in [4.69, 9.17) is 11.0 Å². The van der Waals surface area contributed by atoms with Crippen LogP contribution in [0.15, 0.2) is 45.3 Å². The number of anilines is 5. The maximum atomic E-state index is 8.99. The first-order chi connectivity index (χ1) is 12.4. The second kappa shape index (κ2) is 7.68. The molecule has 3 rings (SSSR count). The van der Waals surface area contributed by atoms with Gasteiger partial charge in [0.1, 0.15) is 0 Å². The van der Waals surface area contributed by atoms with E-state index >= 15 is 0 Å². The predicted octanol–water partition coefficient (Wildman–Crippen LogP) is 4.65. The van der Waals surface area contributed by atoms with E-state index in [0.29, 0.717) is 17.2 Å². The van der Waals surface area contributed by atoms with Crippen LogP contribution in [0.3, 0.4) is 0 Å². The molecule has 0 aliphatic carbocycles. The Kier molecular flexibility index (Phi) is 5.35. The summed E-state index contributed by atoms with van der Waals surface area (Å²) >= 11 is 7.04. The number of benzene rings is 2. The molecular formula is C17H13Br2N7. The summed E-state index contributed by atoms with van der Waals surface area (Å²) in [4.78, 5) is 12.5. The summed E-state index contributed by atoms with van der Waals surface area (Å²) < 4.78 is 1.72. The van der Waals surface area contributed by atoms with Gasteiger partial charge in [-0.2, -0.15) is 20.2 Å². The van der Waals surface area contributed by atoms with Gasteiger partial charge in [0.15, 0.2) is 0 Å². The van der Waals surface area contributed by atoms with Crippen LogP contribution in [0.1, 0.15) is 11.1 Å². The van der Waals surface area contributed by atoms with Gasteiger partial charge in [-0.05, 0) is 74.7 Å². The van der Waals surface area contributed by atoms with E-state index in [1.807, 2.05) is 19.1 Å². The molecule has 0 fully saturated rings. The second-order valence-corrected chi connectivity index (χ2v) is 7.10. The Morgan fingerprint density at radius 3 is 2.31 bits per heavy atom. The number of hydrogen-bond acceptors (Lipinski definition) is 7. The SMILES string of the molecule is Cc1cc(Br)c(Nc2nc(N)nc(Nc3cccc(C#N)c3)n2)c(Br)c1. The molecule has 1 heterocycles. The number of hydrogen-bond donors (Lipinski definition) is 3. The minimum atomic E-state index is 0.0702. The zero-order chi connectivity index (χ0) is 18.7. The summed E-state index contributed by atoms with van der Waals surface area (Å²) in [6, 6.07) is 13.0.